The predicted molar refractivity (Wildman–Crippen MR) is 144 cm³/mol. The Hall–Kier alpha value is -3.11. The first kappa shape index (κ1) is 27.9. The van der Waals surface area contributed by atoms with Gasteiger partial charge in [-0.05, 0) is 50.1 Å². The number of carbonyl (C=O) groups excluding carboxylic acids is 2. The van der Waals surface area contributed by atoms with E-state index in [0.717, 1.165) is 5.56 Å². The van der Waals surface area contributed by atoms with Crippen LogP contribution in [0, 0.1) is 6.92 Å². The number of nitrogens with one attached hydrogen (secondary N) is 1. The molecule has 0 atom stereocenters. The molecule has 9 nitrogen and oxygen atoms in total. The summed E-state index contributed by atoms with van der Waals surface area (Å²) in [5, 5.41) is 17.8. The Morgan fingerprint density at radius 1 is 1.03 bits per heavy atom. The number of carboxylic acids is 1. The molecule has 200 valence electrons. The minimum absolute atomic E-state index is 0.158. The average molecular weight is 580 g/mol. The fraction of sp³-hybridized carbons (Fsp3) is 0.308. The summed E-state index contributed by atoms with van der Waals surface area (Å²) in [5.74, 6) is -1.75. The predicted octanol–water partition coefficient (Wildman–Crippen LogP) is 4.63. The van der Waals surface area contributed by atoms with Crippen LogP contribution in [0.3, 0.4) is 0 Å². The summed E-state index contributed by atoms with van der Waals surface area (Å²) in [7, 11) is 0. The van der Waals surface area contributed by atoms with Gasteiger partial charge in [-0.3, -0.25) is 9.59 Å². The van der Waals surface area contributed by atoms with Gasteiger partial charge in [0.1, 0.15) is 13.2 Å². The van der Waals surface area contributed by atoms with Gasteiger partial charge in [-0.2, -0.15) is 5.10 Å². The molecular formula is C26H25Cl3N4O5. The molecule has 1 saturated heterocycles. The lowest BCUT2D eigenvalue weighted by Gasteiger charge is -2.32. The van der Waals surface area contributed by atoms with E-state index in [1.165, 1.54) is 0 Å². The summed E-state index contributed by atoms with van der Waals surface area (Å²) < 4.78 is 6.51. The second-order valence-corrected chi connectivity index (χ2v) is 10.1. The summed E-state index contributed by atoms with van der Waals surface area (Å²) in [5.41, 5.74) is 2.99. The Kier molecular flexibility index (Phi) is 8.94. The smallest absolute Gasteiger partial charge is 0.329 e. The molecule has 2 N–H and O–H groups in total. The first-order chi connectivity index (χ1) is 18.1. The molecule has 0 unspecified atom stereocenters. The molecule has 12 heteroatoms. The van der Waals surface area contributed by atoms with Gasteiger partial charge >= 0.3 is 5.97 Å². The van der Waals surface area contributed by atoms with E-state index in [-0.39, 0.29) is 30.2 Å². The molecule has 1 aliphatic rings. The molecule has 0 bridgehead atoms. The summed E-state index contributed by atoms with van der Waals surface area (Å²) in [4.78, 5) is 37.8. The number of rotatable bonds is 8. The standard InChI is InChI=1S/C26H25Cl3N4O5/c1-15-24(26(37)30-19-8-10-32(11-9-19)22(34)13-38-14-23(35)36)31-33(21-7-6-18(28)12-20(21)29)25(15)16-2-4-17(27)5-3-16/h2-7,12,19H,8-11,13-14H2,1H3,(H,30,37)(H,35,36). The number of carboxylic acid groups (broad SMARTS) is 1. The van der Waals surface area contributed by atoms with Crippen molar-refractivity contribution in [1.82, 2.24) is 20.0 Å². The monoisotopic (exact) mass is 578 g/mol. The molecule has 0 spiro atoms. The maximum atomic E-state index is 13.4. The number of ether oxygens (including phenoxy) is 1. The van der Waals surface area contributed by atoms with Crippen molar-refractivity contribution in [2.75, 3.05) is 26.3 Å². The van der Waals surface area contributed by atoms with Gasteiger partial charge < -0.3 is 20.1 Å². The molecule has 2 heterocycles. The molecule has 4 rings (SSSR count). The van der Waals surface area contributed by atoms with Gasteiger partial charge in [-0.15, -0.1) is 0 Å². The molecule has 0 aliphatic carbocycles. The zero-order valence-electron chi connectivity index (χ0n) is 20.4. The first-order valence-corrected chi connectivity index (χ1v) is 13.0. The summed E-state index contributed by atoms with van der Waals surface area (Å²) in [6.45, 7) is 1.85. The average Bonchev–Trinajstić information content (AvgIpc) is 3.21. The third-order valence-electron chi connectivity index (χ3n) is 6.23. The lowest BCUT2D eigenvalue weighted by Crippen LogP contribution is -2.47. The Balaban J connectivity index is 1.52. The molecule has 2 aromatic carbocycles. The number of hydrogen-bond acceptors (Lipinski definition) is 5. The normalized spacial score (nSPS) is 13.9. The maximum Gasteiger partial charge on any atom is 0.329 e. The quantitative estimate of drug-likeness (QED) is 0.402. The number of piperidine rings is 1. The van der Waals surface area contributed by atoms with Crippen LogP contribution in [-0.4, -0.2) is 69.9 Å². The highest BCUT2D eigenvalue weighted by Crippen LogP contribution is 2.33. The highest BCUT2D eigenvalue weighted by Gasteiger charge is 2.28. The Morgan fingerprint density at radius 2 is 1.68 bits per heavy atom. The molecule has 1 fully saturated rings. The van der Waals surface area contributed by atoms with Gasteiger partial charge in [0.05, 0.1) is 16.4 Å². The Morgan fingerprint density at radius 3 is 2.32 bits per heavy atom. The lowest BCUT2D eigenvalue weighted by atomic mass is 10.0. The van der Waals surface area contributed by atoms with Gasteiger partial charge in [0.25, 0.3) is 5.91 Å². The first-order valence-electron chi connectivity index (χ1n) is 11.8. The minimum atomic E-state index is -1.13. The topological polar surface area (TPSA) is 114 Å². The van der Waals surface area contributed by atoms with Crippen LogP contribution in [0.25, 0.3) is 16.9 Å². The highest BCUT2D eigenvalue weighted by atomic mass is 35.5. The van der Waals surface area contributed by atoms with E-state index < -0.39 is 12.6 Å². The van der Waals surface area contributed by atoms with Crippen molar-refractivity contribution in [3.8, 4) is 16.9 Å². The molecule has 1 aliphatic heterocycles. The maximum absolute atomic E-state index is 13.4. The van der Waals surface area contributed by atoms with E-state index >= 15 is 0 Å². The number of halogens is 3. The number of benzene rings is 2. The number of amides is 2. The van der Waals surface area contributed by atoms with Gasteiger partial charge in [0.15, 0.2) is 5.69 Å². The molecule has 1 aromatic heterocycles. The van der Waals surface area contributed by atoms with E-state index in [9.17, 15) is 14.4 Å². The van der Waals surface area contributed by atoms with Crippen molar-refractivity contribution >= 4 is 52.6 Å². The lowest BCUT2D eigenvalue weighted by molar-refractivity contribution is -0.146. The van der Waals surface area contributed by atoms with Gasteiger partial charge in [0, 0.05) is 40.3 Å². The van der Waals surface area contributed by atoms with E-state index in [1.54, 1.807) is 39.9 Å². The van der Waals surface area contributed by atoms with Crippen LogP contribution in [0.4, 0.5) is 0 Å². The molecule has 3 aromatic rings. The summed E-state index contributed by atoms with van der Waals surface area (Å²) >= 11 is 18.7. The van der Waals surface area contributed by atoms with Crippen LogP contribution >= 0.6 is 34.8 Å². The van der Waals surface area contributed by atoms with Gasteiger partial charge in [-0.25, -0.2) is 9.48 Å². The second kappa shape index (κ2) is 12.2. The Labute approximate surface area is 234 Å². The third-order valence-corrected chi connectivity index (χ3v) is 7.02. The number of aromatic nitrogens is 2. The fourth-order valence-electron chi connectivity index (χ4n) is 4.33. The van der Waals surface area contributed by atoms with Crippen LogP contribution < -0.4 is 5.32 Å². The van der Waals surface area contributed by atoms with Crippen molar-refractivity contribution in [3.05, 3.63) is 68.8 Å². The molecular weight excluding hydrogens is 555 g/mol. The summed E-state index contributed by atoms with van der Waals surface area (Å²) in [6, 6.07) is 12.1. The fourth-order valence-corrected chi connectivity index (χ4v) is 4.94. The van der Waals surface area contributed by atoms with Crippen molar-refractivity contribution in [3.63, 3.8) is 0 Å². The van der Waals surface area contributed by atoms with Crippen LogP contribution in [0.2, 0.25) is 15.1 Å². The molecule has 2 amide bonds. The highest BCUT2D eigenvalue weighted by molar-refractivity contribution is 6.35. The van der Waals surface area contributed by atoms with E-state index in [0.29, 0.717) is 57.9 Å². The van der Waals surface area contributed by atoms with Crippen LogP contribution in [-0.2, 0) is 14.3 Å². The zero-order chi connectivity index (χ0) is 27.4. The molecule has 0 radical (unpaired) electrons. The number of carbonyl (C=O) groups is 3. The van der Waals surface area contributed by atoms with Crippen molar-refractivity contribution in [2.24, 2.45) is 0 Å². The SMILES string of the molecule is Cc1c(C(=O)NC2CCN(C(=O)COCC(=O)O)CC2)nn(-c2ccc(Cl)cc2Cl)c1-c1ccc(Cl)cc1. The van der Waals surface area contributed by atoms with E-state index in [1.807, 2.05) is 19.1 Å². The van der Waals surface area contributed by atoms with Crippen LogP contribution in [0.15, 0.2) is 42.5 Å². The largest absolute Gasteiger partial charge is 0.480 e. The van der Waals surface area contributed by atoms with Crippen LogP contribution in [0.1, 0.15) is 28.9 Å². The van der Waals surface area contributed by atoms with Gasteiger partial charge in [0.2, 0.25) is 5.91 Å². The number of nitrogens with zero attached hydrogens (tertiary/aromatic N) is 3. The van der Waals surface area contributed by atoms with Crippen molar-refractivity contribution in [2.45, 2.75) is 25.8 Å². The van der Waals surface area contributed by atoms with E-state index in [2.05, 4.69) is 10.4 Å². The zero-order valence-corrected chi connectivity index (χ0v) is 22.7. The number of likely N-dealkylation sites (tertiary alicyclic amines) is 1. The summed E-state index contributed by atoms with van der Waals surface area (Å²) in [6.07, 6.45) is 1.09. The van der Waals surface area contributed by atoms with Crippen molar-refractivity contribution in [1.29, 1.82) is 0 Å². The second-order valence-electron chi connectivity index (χ2n) is 8.85. The number of aliphatic carboxylic acids is 1. The third kappa shape index (κ3) is 6.47. The number of hydrogen-bond donors (Lipinski definition) is 2. The van der Waals surface area contributed by atoms with E-state index in [4.69, 9.17) is 44.6 Å². The van der Waals surface area contributed by atoms with Gasteiger partial charge in [-0.1, -0.05) is 46.9 Å². The molecule has 0 saturated carbocycles. The Bertz CT molecular complexity index is 1350. The van der Waals surface area contributed by atoms with Crippen molar-refractivity contribution < 1.29 is 24.2 Å². The van der Waals surface area contributed by atoms with Crippen LogP contribution in [0.5, 0.6) is 0 Å². The minimum Gasteiger partial charge on any atom is -0.480 e. The molecule has 38 heavy (non-hydrogen) atoms.